The fourth-order valence-electron chi connectivity index (χ4n) is 5.19. The third kappa shape index (κ3) is 5.30. The van der Waals surface area contributed by atoms with Crippen LogP contribution in [0.5, 0.6) is 11.5 Å². The molecule has 1 N–H and O–H groups in total. The second-order valence-corrected chi connectivity index (χ2v) is 10.1. The summed E-state index contributed by atoms with van der Waals surface area (Å²) in [5.41, 5.74) is 4.33. The van der Waals surface area contributed by atoms with Gasteiger partial charge in [0, 0.05) is 24.2 Å². The molecule has 0 radical (unpaired) electrons. The van der Waals surface area contributed by atoms with Gasteiger partial charge >= 0.3 is 0 Å². The lowest BCUT2D eigenvalue weighted by Gasteiger charge is -2.30. The average molecular weight is 541 g/mol. The van der Waals surface area contributed by atoms with Gasteiger partial charge in [0.2, 0.25) is 6.79 Å². The minimum Gasteiger partial charge on any atom is -0.454 e. The van der Waals surface area contributed by atoms with E-state index in [9.17, 15) is 9.18 Å². The maximum atomic E-state index is 13.5. The van der Waals surface area contributed by atoms with Gasteiger partial charge in [-0.2, -0.15) is 0 Å². The predicted octanol–water partition coefficient (Wildman–Crippen LogP) is 4.89. The number of pyridine rings is 1. The van der Waals surface area contributed by atoms with Gasteiger partial charge in [-0.05, 0) is 82.7 Å². The molecule has 10 heteroatoms. The topological polar surface area (TPSA) is 98.2 Å². The minimum absolute atomic E-state index is 0.132. The molecule has 9 nitrogen and oxygen atoms in total. The highest BCUT2D eigenvalue weighted by Crippen LogP contribution is 2.34. The third-order valence-electron chi connectivity index (χ3n) is 7.20. The standard InChI is InChI=1S/C30H29FN6O3/c1-3-26(29-33-34-35-37(29)16-20-5-8-24(31)9-6-20)36(15-21-7-11-27-28(13-21)40-18-39-27)17-23-14-22-12-19(2)4-10-25(22)32-30(23)38/h4-14,26H,3,15-18H2,1-2H3,(H,32,38)/t26-/m0/s1. The lowest BCUT2D eigenvalue weighted by Crippen LogP contribution is -2.32. The molecule has 0 bridgehead atoms. The summed E-state index contributed by atoms with van der Waals surface area (Å²) in [4.78, 5) is 18.4. The highest BCUT2D eigenvalue weighted by atomic mass is 19.1. The smallest absolute Gasteiger partial charge is 0.252 e. The maximum absolute atomic E-state index is 13.5. The van der Waals surface area contributed by atoms with Gasteiger partial charge in [-0.25, -0.2) is 9.07 Å². The summed E-state index contributed by atoms with van der Waals surface area (Å²) in [5, 5.41) is 13.6. The van der Waals surface area contributed by atoms with E-state index in [2.05, 4.69) is 38.4 Å². The van der Waals surface area contributed by atoms with Gasteiger partial charge in [-0.15, -0.1) is 5.10 Å². The van der Waals surface area contributed by atoms with Crippen molar-refractivity contribution in [1.29, 1.82) is 0 Å². The summed E-state index contributed by atoms with van der Waals surface area (Å²) < 4.78 is 26.3. The van der Waals surface area contributed by atoms with Crippen molar-refractivity contribution in [2.45, 2.75) is 45.9 Å². The van der Waals surface area contributed by atoms with E-state index in [0.29, 0.717) is 48.9 Å². The molecule has 1 aliphatic heterocycles. The van der Waals surface area contributed by atoms with Crippen molar-refractivity contribution in [2.24, 2.45) is 0 Å². The first-order valence-electron chi connectivity index (χ1n) is 13.2. The number of rotatable bonds is 9. The van der Waals surface area contributed by atoms with Gasteiger partial charge in [-0.3, -0.25) is 9.69 Å². The summed E-state index contributed by atoms with van der Waals surface area (Å²) in [6.07, 6.45) is 0.693. The van der Waals surface area contributed by atoms with Crippen LogP contribution in [0.15, 0.2) is 71.5 Å². The van der Waals surface area contributed by atoms with Gasteiger partial charge in [0.05, 0.1) is 12.6 Å². The molecule has 0 saturated carbocycles. The highest BCUT2D eigenvalue weighted by Gasteiger charge is 2.27. The largest absolute Gasteiger partial charge is 0.454 e. The second-order valence-electron chi connectivity index (χ2n) is 10.1. The van der Waals surface area contributed by atoms with Gasteiger partial charge in [0.1, 0.15) is 5.82 Å². The molecule has 0 fully saturated rings. The number of H-pyrrole nitrogens is 1. The van der Waals surface area contributed by atoms with Crippen LogP contribution >= 0.6 is 0 Å². The second kappa shape index (κ2) is 10.9. The van der Waals surface area contributed by atoms with E-state index < -0.39 is 0 Å². The molecule has 0 aliphatic carbocycles. The van der Waals surface area contributed by atoms with E-state index in [1.165, 1.54) is 12.1 Å². The number of aryl methyl sites for hydroxylation is 1. The average Bonchev–Trinajstić information content (AvgIpc) is 3.60. The van der Waals surface area contributed by atoms with Crippen molar-refractivity contribution in [3.8, 4) is 11.5 Å². The van der Waals surface area contributed by atoms with Crippen LogP contribution in [-0.2, 0) is 19.6 Å². The molecule has 3 aromatic carbocycles. The first-order valence-corrected chi connectivity index (χ1v) is 13.2. The van der Waals surface area contributed by atoms with Crippen LogP contribution in [0.3, 0.4) is 0 Å². The third-order valence-corrected chi connectivity index (χ3v) is 7.20. The minimum atomic E-state index is -0.294. The number of hydrogen-bond donors (Lipinski definition) is 1. The molecule has 40 heavy (non-hydrogen) atoms. The summed E-state index contributed by atoms with van der Waals surface area (Å²) in [7, 11) is 0. The Morgan fingerprint density at radius 2 is 1.80 bits per heavy atom. The predicted molar refractivity (Wildman–Crippen MR) is 147 cm³/mol. The molecule has 5 aromatic rings. The molecule has 1 atom stereocenters. The number of halogens is 1. The van der Waals surface area contributed by atoms with Crippen LogP contribution < -0.4 is 15.0 Å². The molecule has 0 saturated heterocycles. The number of aromatic nitrogens is 5. The molecule has 0 unspecified atom stereocenters. The molecule has 0 spiro atoms. The SMILES string of the molecule is CC[C@@H](c1nnnn1Cc1ccc(F)cc1)N(Cc1ccc2c(c1)OCO2)Cc1cc2cc(C)ccc2[nH]c1=O. The fourth-order valence-corrected chi connectivity index (χ4v) is 5.19. The van der Waals surface area contributed by atoms with Crippen LogP contribution in [0.2, 0.25) is 0 Å². The Bertz CT molecular complexity index is 1720. The van der Waals surface area contributed by atoms with Crippen LogP contribution in [0.4, 0.5) is 4.39 Å². The zero-order valence-electron chi connectivity index (χ0n) is 22.3. The number of benzene rings is 3. The van der Waals surface area contributed by atoms with Crippen LogP contribution in [-0.4, -0.2) is 36.9 Å². The maximum Gasteiger partial charge on any atom is 0.252 e. The van der Waals surface area contributed by atoms with Gasteiger partial charge in [0.25, 0.3) is 5.56 Å². The highest BCUT2D eigenvalue weighted by molar-refractivity contribution is 5.79. The molecule has 3 heterocycles. The van der Waals surface area contributed by atoms with Crippen LogP contribution in [0, 0.1) is 12.7 Å². The Morgan fingerprint density at radius 1 is 1.00 bits per heavy atom. The monoisotopic (exact) mass is 540 g/mol. The number of fused-ring (bicyclic) bond motifs is 2. The van der Waals surface area contributed by atoms with Crippen molar-refractivity contribution in [3.05, 3.63) is 111 Å². The van der Waals surface area contributed by atoms with Crippen molar-refractivity contribution < 1.29 is 13.9 Å². The number of ether oxygens (including phenoxy) is 2. The van der Waals surface area contributed by atoms with Crippen LogP contribution in [0.1, 0.15) is 47.5 Å². The normalized spacial score (nSPS) is 13.3. The molecule has 204 valence electrons. The number of hydrogen-bond acceptors (Lipinski definition) is 7. The van der Waals surface area contributed by atoms with E-state index in [1.807, 2.05) is 43.3 Å². The molecule has 6 rings (SSSR count). The van der Waals surface area contributed by atoms with Crippen molar-refractivity contribution in [1.82, 2.24) is 30.1 Å². The first-order chi connectivity index (χ1) is 19.5. The quantitative estimate of drug-likeness (QED) is 0.284. The molecular weight excluding hydrogens is 511 g/mol. The lowest BCUT2D eigenvalue weighted by molar-refractivity contribution is 0.161. The molecule has 2 aromatic heterocycles. The van der Waals surface area contributed by atoms with Crippen molar-refractivity contribution in [2.75, 3.05) is 6.79 Å². The zero-order chi connectivity index (χ0) is 27.6. The number of nitrogens with zero attached hydrogens (tertiary/aromatic N) is 5. The van der Waals surface area contributed by atoms with Gasteiger partial charge in [-0.1, -0.05) is 36.8 Å². The van der Waals surface area contributed by atoms with E-state index in [1.54, 1.807) is 16.8 Å². The summed E-state index contributed by atoms with van der Waals surface area (Å²) >= 11 is 0. The Balaban J connectivity index is 1.37. The summed E-state index contributed by atoms with van der Waals surface area (Å²) in [5.74, 6) is 1.79. The summed E-state index contributed by atoms with van der Waals surface area (Å²) in [6, 6.07) is 19.9. The van der Waals surface area contributed by atoms with Crippen molar-refractivity contribution >= 4 is 10.9 Å². The van der Waals surface area contributed by atoms with Gasteiger partial charge < -0.3 is 14.5 Å². The Labute approximate surface area is 230 Å². The van der Waals surface area contributed by atoms with E-state index in [-0.39, 0.29) is 24.2 Å². The number of aromatic amines is 1. The number of nitrogens with one attached hydrogen (secondary N) is 1. The Hall–Kier alpha value is -4.57. The van der Waals surface area contributed by atoms with Crippen LogP contribution in [0.25, 0.3) is 10.9 Å². The molecular formula is C30H29FN6O3. The zero-order valence-corrected chi connectivity index (χ0v) is 22.3. The molecule has 1 aliphatic rings. The first kappa shape index (κ1) is 25.7. The Morgan fingerprint density at radius 3 is 2.62 bits per heavy atom. The number of tetrazole rings is 1. The van der Waals surface area contributed by atoms with E-state index in [4.69, 9.17) is 9.47 Å². The van der Waals surface area contributed by atoms with E-state index >= 15 is 0 Å². The van der Waals surface area contributed by atoms with E-state index in [0.717, 1.165) is 27.6 Å². The fraction of sp³-hybridized carbons (Fsp3) is 0.267. The Kier molecular flexibility index (Phi) is 7.00. The molecule has 0 amide bonds. The van der Waals surface area contributed by atoms with Gasteiger partial charge in [0.15, 0.2) is 17.3 Å². The lowest BCUT2D eigenvalue weighted by atomic mass is 10.1. The van der Waals surface area contributed by atoms with Crippen molar-refractivity contribution in [3.63, 3.8) is 0 Å². The summed E-state index contributed by atoms with van der Waals surface area (Å²) in [6.45, 7) is 5.59.